The number of nitrogens with zero attached hydrogens (tertiary/aromatic N) is 1. The molecule has 3 unspecified atom stereocenters. The van der Waals surface area contributed by atoms with Gasteiger partial charge in [-0.2, -0.15) is 0 Å². The monoisotopic (exact) mass is 296 g/mol. The van der Waals surface area contributed by atoms with Gasteiger partial charge < -0.3 is 15.3 Å². The number of rotatable bonds is 4. The minimum absolute atomic E-state index is 0.0557. The Balaban J connectivity index is 1.79. The molecule has 1 saturated carbocycles. The van der Waals surface area contributed by atoms with Crippen molar-refractivity contribution in [2.75, 3.05) is 26.2 Å². The van der Waals surface area contributed by atoms with Crippen LogP contribution in [0.25, 0.3) is 0 Å². The third-order valence-corrected chi connectivity index (χ3v) is 5.08. The molecule has 0 radical (unpaired) electrons. The molecule has 0 bridgehead atoms. The molecule has 2 N–H and O–H groups in total. The maximum absolute atomic E-state index is 12.3. The van der Waals surface area contributed by atoms with Crippen LogP contribution in [0.2, 0.25) is 0 Å². The number of aliphatic hydroxyl groups excluding tert-OH is 1. The average molecular weight is 296 g/mol. The minimum atomic E-state index is -0.0705. The highest BCUT2D eigenvalue weighted by Gasteiger charge is 2.29. The Morgan fingerprint density at radius 1 is 1.14 bits per heavy atom. The lowest BCUT2D eigenvalue weighted by Crippen LogP contribution is -2.46. The minimum Gasteiger partial charge on any atom is -0.396 e. The highest BCUT2D eigenvalue weighted by Crippen LogP contribution is 2.29. The Hall–Kier alpha value is -1.10. The van der Waals surface area contributed by atoms with Crippen LogP contribution in [0.1, 0.15) is 45.4 Å². The van der Waals surface area contributed by atoms with Crippen molar-refractivity contribution in [2.24, 2.45) is 17.8 Å². The van der Waals surface area contributed by atoms with E-state index >= 15 is 0 Å². The molecule has 1 aliphatic carbocycles. The van der Waals surface area contributed by atoms with E-state index in [1.807, 2.05) is 0 Å². The molecule has 3 atom stereocenters. The van der Waals surface area contributed by atoms with Crippen LogP contribution in [0.4, 0.5) is 0 Å². The van der Waals surface area contributed by atoms with E-state index in [2.05, 4.69) is 5.32 Å². The van der Waals surface area contributed by atoms with Gasteiger partial charge in [0.1, 0.15) is 0 Å². The molecule has 2 fully saturated rings. The zero-order valence-electron chi connectivity index (χ0n) is 13.0. The molecular formula is C16H28N2O3. The van der Waals surface area contributed by atoms with E-state index in [0.29, 0.717) is 24.9 Å². The van der Waals surface area contributed by atoms with Gasteiger partial charge in [-0.15, -0.1) is 0 Å². The molecule has 21 heavy (non-hydrogen) atoms. The third-order valence-electron chi connectivity index (χ3n) is 5.08. The molecule has 2 rings (SSSR count). The summed E-state index contributed by atoms with van der Waals surface area (Å²) in [5.74, 6) is 0.793. The Bertz CT molecular complexity index is 373. The standard InChI is InChI=1S/C16H28N2O3/c1-12(20)18-8-4-7-14(10-18)16(21)17-9-13-5-2-3-6-15(13)11-19/h13-15,19H,2-11H2,1H3,(H,17,21). The van der Waals surface area contributed by atoms with Crippen LogP contribution >= 0.6 is 0 Å². The lowest BCUT2D eigenvalue weighted by atomic mass is 9.79. The summed E-state index contributed by atoms with van der Waals surface area (Å²) in [6.07, 6.45) is 6.31. The number of carbonyl (C=O) groups is 2. The summed E-state index contributed by atoms with van der Waals surface area (Å²) < 4.78 is 0. The number of hydrogen-bond acceptors (Lipinski definition) is 3. The molecule has 0 aromatic heterocycles. The summed E-state index contributed by atoms with van der Waals surface area (Å²) in [6.45, 7) is 3.78. The number of aliphatic hydroxyl groups is 1. The summed E-state index contributed by atoms with van der Waals surface area (Å²) in [7, 11) is 0. The van der Waals surface area contributed by atoms with Crippen molar-refractivity contribution in [3.63, 3.8) is 0 Å². The van der Waals surface area contributed by atoms with Gasteiger partial charge >= 0.3 is 0 Å². The molecule has 1 aliphatic heterocycles. The summed E-state index contributed by atoms with van der Waals surface area (Å²) in [5.41, 5.74) is 0. The smallest absolute Gasteiger partial charge is 0.224 e. The van der Waals surface area contributed by atoms with Crippen LogP contribution in [-0.4, -0.2) is 48.1 Å². The molecule has 0 aromatic rings. The van der Waals surface area contributed by atoms with Crippen LogP contribution < -0.4 is 5.32 Å². The summed E-state index contributed by atoms with van der Waals surface area (Å²) in [5, 5.41) is 12.5. The largest absolute Gasteiger partial charge is 0.396 e. The van der Waals surface area contributed by atoms with Crippen molar-refractivity contribution in [2.45, 2.75) is 45.4 Å². The molecule has 0 aromatic carbocycles. The van der Waals surface area contributed by atoms with Crippen molar-refractivity contribution in [3.8, 4) is 0 Å². The van der Waals surface area contributed by atoms with E-state index in [0.717, 1.165) is 32.2 Å². The second-order valence-electron chi connectivity index (χ2n) is 6.54. The van der Waals surface area contributed by atoms with Gasteiger partial charge in [-0.3, -0.25) is 9.59 Å². The molecule has 2 aliphatic rings. The van der Waals surface area contributed by atoms with Crippen molar-refractivity contribution < 1.29 is 14.7 Å². The first-order valence-corrected chi connectivity index (χ1v) is 8.26. The lowest BCUT2D eigenvalue weighted by molar-refractivity contribution is -0.134. The molecule has 1 saturated heterocycles. The van der Waals surface area contributed by atoms with E-state index in [9.17, 15) is 14.7 Å². The normalized spacial score (nSPS) is 30.0. The van der Waals surface area contributed by atoms with Gasteiger partial charge in [0.2, 0.25) is 11.8 Å². The maximum Gasteiger partial charge on any atom is 0.224 e. The summed E-state index contributed by atoms with van der Waals surface area (Å²) in [6, 6.07) is 0. The third kappa shape index (κ3) is 4.43. The lowest BCUT2D eigenvalue weighted by Gasteiger charge is -2.33. The molecule has 5 nitrogen and oxygen atoms in total. The van der Waals surface area contributed by atoms with Gasteiger partial charge in [-0.05, 0) is 37.5 Å². The molecule has 0 spiro atoms. The predicted molar refractivity (Wildman–Crippen MR) is 80.5 cm³/mol. The van der Waals surface area contributed by atoms with Gasteiger partial charge in [0.15, 0.2) is 0 Å². The fourth-order valence-electron chi connectivity index (χ4n) is 3.65. The van der Waals surface area contributed by atoms with Gasteiger partial charge in [0.25, 0.3) is 0 Å². The highest BCUT2D eigenvalue weighted by molar-refractivity contribution is 5.80. The van der Waals surface area contributed by atoms with Crippen molar-refractivity contribution in [1.29, 1.82) is 0 Å². The highest BCUT2D eigenvalue weighted by atomic mass is 16.3. The van der Waals surface area contributed by atoms with Crippen LogP contribution in [0.3, 0.4) is 0 Å². The van der Waals surface area contributed by atoms with Gasteiger partial charge in [-0.25, -0.2) is 0 Å². The number of carbonyl (C=O) groups excluding carboxylic acids is 2. The summed E-state index contributed by atoms with van der Waals surface area (Å²) in [4.78, 5) is 25.5. The number of hydrogen-bond donors (Lipinski definition) is 2. The first kappa shape index (κ1) is 16.3. The number of nitrogens with one attached hydrogen (secondary N) is 1. The van der Waals surface area contributed by atoms with E-state index < -0.39 is 0 Å². The number of piperidine rings is 1. The Labute approximate surface area is 127 Å². The number of amides is 2. The zero-order chi connectivity index (χ0) is 15.2. The molecular weight excluding hydrogens is 268 g/mol. The second kappa shape index (κ2) is 7.78. The quantitative estimate of drug-likeness (QED) is 0.818. The first-order chi connectivity index (χ1) is 10.1. The van der Waals surface area contributed by atoms with Crippen molar-refractivity contribution >= 4 is 11.8 Å². The van der Waals surface area contributed by atoms with Crippen LogP contribution in [0.15, 0.2) is 0 Å². The summed E-state index contributed by atoms with van der Waals surface area (Å²) >= 11 is 0. The van der Waals surface area contributed by atoms with Crippen LogP contribution in [0, 0.1) is 17.8 Å². The average Bonchev–Trinajstić information content (AvgIpc) is 2.52. The SMILES string of the molecule is CC(=O)N1CCCC(C(=O)NCC2CCCCC2CO)C1. The maximum atomic E-state index is 12.3. The Morgan fingerprint density at radius 3 is 2.52 bits per heavy atom. The second-order valence-corrected chi connectivity index (χ2v) is 6.54. The molecule has 2 amide bonds. The number of likely N-dealkylation sites (tertiary alicyclic amines) is 1. The van der Waals surface area contributed by atoms with E-state index in [1.165, 1.54) is 12.8 Å². The van der Waals surface area contributed by atoms with E-state index in [-0.39, 0.29) is 24.3 Å². The van der Waals surface area contributed by atoms with E-state index in [4.69, 9.17) is 0 Å². The van der Waals surface area contributed by atoms with Crippen molar-refractivity contribution in [1.82, 2.24) is 10.2 Å². The first-order valence-electron chi connectivity index (χ1n) is 8.26. The van der Waals surface area contributed by atoms with Crippen molar-refractivity contribution in [3.05, 3.63) is 0 Å². The molecule has 1 heterocycles. The fourth-order valence-corrected chi connectivity index (χ4v) is 3.65. The zero-order valence-corrected chi connectivity index (χ0v) is 13.0. The van der Waals surface area contributed by atoms with Crippen LogP contribution in [-0.2, 0) is 9.59 Å². The fraction of sp³-hybridized carbons (Fsp3) is 0.875. The van der Waals surface area contributed by atoms with Gasteiger partial charge in [-0.1, -0.05) is 12.8 Å². The van der Waals surface area contributed by atoms with Gasteiger partial charge in [0.05, 0.1) is 5.92 Å². The Morgan fingerprint density at radius 2 is 1.86 bits per heavy atom. The van der Waals surface area contributed by atoms with Gasteiger partial charge in [0, 0.05) is 33.2 Å². The topological polar surface area (TPSA) is 69.6 Å². The molecule has 5 heteroatoms. The van der Waals surface area contributed by atoms with E-state index in [1.54, 1.807) is 11.8 Å². The Kier molecular flexibility index (Phi) is 6.03. The van der Waals surface area contributed by atoms with Crippen LogP contribution in [0.5, 0.6) is 0 Å². The predicted octanol–water partition coefficient (Wildman–Crippen LogP) is 1.16. The molecule has 120 valence electrons.